The Balaban J connectivity index is 1.84. The minimum atomic E-state index is -1.18. The zero-order valence-electron chi connectivity index (χ0n) is 15.8. The maximum atomic E-state index is 13.0. The fraction of sp³-hybridized carbons (Fsp3) is 0.0870. The van der Waals surface area contributed by atoms with Gasteiger partial charge in [-0.15, -0.1) is 0 Å². The fourth-order valence-electron chi connectivity index (χ4n) is 3.00. The molecule has 6 nitrogen and oxygen atoms in total. The summed E-state index contributed by atoms with van der Waals surface area (Å²) in [6.45, 7) is 2.38. The van der Waals surface area contributed by atoms with E-state index in [2.05, 4.69) is 5.32 Å². The van der Waals surface area contributed by atoms with Crippen molar-refractivity contribution in [2.75, 3.05) is 16.8 Å². The molecule has 0 aliphatic heterocycles. The lowest BCUT2D eigenvalue weighted by Crippen LogP contribution is -2.30. The van der Waals surface area contributed by atoms with Gasteiger partial charge in [0.15, 0.2) is 0 Å². The Bertz CT molecular complexity index is 1050. The molecule has 0 aliphatic rings. The lowest BCUT2D eigenvalue weighted by Gasteiger charge is -2.21. The van der Waals surface area contributed by atoms with Crippen molar-refractivity contribution in [3.8, 4) is 0 Å². The fourth-order valence-corrected chi connectivity index (χ4v) is 3.00. The smallest absolute Gasteiger partial charge is 0.336 e. The SMILES string of the molecule is CCN(C(=O)c1cccc(NC(=O)c2ccccc2C(=O)O)c1)c1ccccc1. The lowest BCUT2D eigenvalue weighted by molar-refractivity contribution is 0.0692. The minimum Gasteiger partial charge on any atom is -0.478 e. The highest BCUT2D eigenvalue weighted by atomic mass is 16.4. The van der Waals surface area contributed by atoms with Gasteiger partial charge in [-0.05, 0) is 49.4 Å². The van der Waals surface area contributed by atoms with Gasteiger partial charge >= 0.3 is 5.97 Å². The van der Waals surface area contributed by atoms with Crippen LogP contribution >= 0.6 is 0 Å². The second-order valence-electron chi connectivity index (χ2n) is 6.27. The maximum absolute atomic E-state index is 13.0. The third-order valence-corrected chi connectivity index (χ3v) is 4.40. The van der Waals surface area contributed by atoms with Crippen molar-refractivity contribution in [2.24, 2.45) is 0 Å². The Hall–Kier alpha value is -3.93. The van der Waals surface area contributed by atoms with E-state index >= 15 is 0 Å². The molecule has 3 rings (SSSR count). The van der Waals surface area contributed by atoms with Gasteiger partial charge in [0.2, 0.25) is 0 Å². The zero-order valence-corrected chi connectivity index (χ0v) is 15.8. The number of rotatable bonds is 6. The van der Waals surface area contributed by atoms with Crippen molar-refractivity contribution in [3.05, 3.63) is 95.6 Å². The van der Waals surface area contributed by atoms with Crippen LogP contribution in [0.25, 0.3) is 0 Å². The Morgan fingerprint density at radius 3 is 2.17 bits per heavy atom. The summed E-state index contributed by atoms with van der Waals surface area (Å²) in [6, 6.07) is 21.9. The predicted octanol–water partition coefficient (Wildman–Crippen LogP) is 4.30. The monoisotopic (exact) mass is 388 g/mol. The van der Waals surface area contributed by atoms with E-state index < -0.39 is 11.9 Å². The average Bonchev–Trinajstić information content (AvgIpc) is 2.75. The Morgan fingerprint density at radius 1 is 0.862 bits per heavy atom. The molecule has 2 N–H and O–H groups in total. The van der Waals surface area contributed by atoms with Crippen LogP contribution in [0.3, 0.4) is 0 Å². The Kier molecular flexibility index (Phi) is 6.04. The predicted molar refractivity (Wildman–Crippen MR) is 112 cm³/mol. The normalized spacial score (nSPS) is 10.2. The summed E-state index contributed by atoms with van der Waals surface area (Å²) >= 11 is 0. The molecule has 3 aromatic rings. The molecule has 0 heterocycles. The number of benzene rings is 3. The topological polar surface area (TPSA) is 86.7 Å². The van der Waals surface area contributed by atoms with Crippen LogP contribution < -0.4 is 10.2 Å². The van der Waals surface area contributed by atoms with Crippen molar-refractivity contribution in [1.82, 2.24) is 0 Å². The van der Waals surface area contributed by atoms with Gasteiger partial charge in [-0.2, -0.15) is 0 Å². The summed E-state index contributed by atoms with van der Waals surface area (Å²) < 4.78 is 0. The number of hydrogen-bond acceptors (Lipinski definition) is 3. The van der Waals surface area contributed by atoms with Crippen molar-refractivity contribution < 1.29 is 19.5 Å². The molecule has 6 heteroatoms. The third kappa shape index (κ3) is 4.50. The number of carboxylic acid groups (broad SMARTS) is 1. The van der Waals surface area contributed by atoms with Gasteiger partial charge < -0.3 is 15.3 Å². The van der Waals surface area contributed by atoms with Crippen LogP contribution in [0.5, 0.6) is 0 Å². The number of para-hydroxylation sites is 1. The van der Waals surface area contributed by atoms with Gasteiger partial charge in [0, 0.05) is 23.5 Å². The number of hydrogen-bond donors (Lipinski definition) is 2. The summed E-state index contributed by atoms with van der Waals surface area (Å²) in [5.74, 6) is -1.93. The number of carbonyl (C=O) groups excluding carboxylic acids is 2. The molecular formula is C23H20N2O4. The van der Waals surface area contributed by atoms with Crippen LogP contribution in [0.15, 0.2) is 78.9 Å². The molecular weight excluding hydrogens is 368 g/mol. The first-order valence-corrected chi connectivity index (χ1v) is 9.12. The average molecular weight is 388 g/mol. The second kappa shape index (κ2) is 8.84. The van der Waals surface area contributed by atoms with E-state index in [4.69, 9.17) is 0 Å². The highest BCUT2D eigenvalue weighted by molar-refractivity contribution is 6.11. The number of nitrogens with zero attached hydrogens (tertiary/aromatic N) is 1. The summed E-state index contributed by atoms with van der Waals surface area (Å²) in [7, 11) is 0. The number of aromatic carboxylic acids is 1. The van der Waals surface area contributed by atoms with E-state index in [9.17, 15) is 19.5 Å². The van der Waals surface area contributed by atoms with Crippen LogP contribution in [-0.4, -0.2) is 29.4 Å². The van der Waals surface area contributed by atoms with Gasteiger partial charge in [-0.25, -0.2) is 4.79 Å². The molecule has 0 fully saturated rings. The van der Waals surface area contributed by atoms with Crippen LogP contribution in [0.2, 0.25) is 0 Å². The van der Waals surface area contributed by atoms with Crippen molar-refractivity contribution in [1.29, 1.82) is 0 Å². The first-order valence-electron chi connectivity index (χ1n) is 9.12. The number of nitrogens with one attached hydrogen (secondary N) is 1. The molecule has 0 radical (unpaired) electrons. The van der Waals surface area contributed by atoms with Crippen LogP contribution in [0.4, 0.5) is 11.4 Å². The summed E-state index contributed by atoms with van der Waals surface area (Å²) in [4.78, 5) is 38.5. The summed E-state index contributed by atoms with van der Waals surface area (Å²) in [6.07, 6.45) is 0. The molecule has 29 heavy (non-hydrogen) atoms. The number of carboxylic acids is 1. The quantitative estimate of drug-likeness (QED) is 0.659. The molecule has 0 unspecified atom stereocenters. The highest BCUT2D eigenvalue weighted by Crippen LogP contribution is 2.19. The molecule has 2 amide bonds. The van der Waals surface area contributed by atoms with Crippen molar-refractivity contribution >= 4 is 29.2 Å². The third-order valence-electron chi connectivity index (χ3n) is 4.40. The molecule has 0 bridgehead atoms. The molecule has 0 spiro atoms. The summed E-state index contributed by atoms with van der Waals surface area (Å²) in [5, 5.41) is 11.9. The maximum Gasteiger partial charge on any atom is 0.336 e. The van der Waals surface area contributed by atoms with E-state index in [0.717, 1.165) is 5.69 Å². The van der Waals surface area contributed by atoms with Crippen molar-refractivity contribution in [3.63, 3.8) is 0 Å². The first kappa shape index (κ1) is 19.8. The second-order valence-corrected chi connectivity index (χ2v) is 6.27. The molecule has 3 aromatic carbocycles. The standard InChI is InChI=1S/C23H20N2O4/c1-2-25(18-11-4-3-5-12-18)22(27)16-9-8-10-17(15-16)24-21(26)19-13-6-7-14-20(19)23(28)29/h3-15H,2H2,1H3,(H,24,26)(H,28,29). The first-order chi connectivity index (χ1) is 14.0. The molecule has 0 aromatic heterocycles. The molecule has 0 atom stereocenters. The van der Waals surface area contributed by atoms with Crippen molar-refractivity contribution in [2.45, 2.75) is 6.92 Å². The molecule has 0 saturated carbocycles. The number of carbonyl (C=O) groups is 3. The van der Waals surface area contributed by atoms with E-state index in [1.807, 2.05) is 37.3 Å². The molecule has 0 saturated heterocycles. The minimum absolute atomic E-state index is 0.0520. The number of anilines is 2. The van der Waals surface area contributed by atoms with Gasteiger partial charge in [-0.3, -0.25) is 9.59 Å². The van der Waals surface area contributed by atoms with Gasteiger partial charge in [0.05, 0.1) is 11.1 Å². The van der Waals surface area contributed by atoms with E-state index in [-0.39, 0.29) is 17.0 Å². The highest BCUT2D eigenvalue weighted by Gasteiger charge is 2.18. The summed E-state index contributed by atoms with van der Waals surface area (Å²) in [5.41, 5.74) is 1.57. The Labute approximate surface area is 168 Å². The van der Waals surface area contributed by atoms with Crippen LogP contribution in [-0.2, 0) is 0 Å². The zero-order chi connectivity index (χ0) is 20.8. The van der Waals surface area contributed by atoms with Gasteiger partial charge in [-0.1, -0.05) is 36.4 Å². The van der Waals surface area contributed by atoms with Gasteiger partial charge in [0.25, 0.3) is 11.8 Å². The van der Waals surface area contributed by atoms with Crippen LogP contribution in [0.1, 0.15) is 38.0 Å². The molecule has 0 aliphatic carbocycles. The van der Waals surface area contributed by atoms with Crippen LogP contribution in [0, 0.1) is 0 Å². The van der Waals surface area contributed by atoms with E-state index in [1.54, 1.807) is 41.3 Å². The largest absolute Gasteiger partial charge is 0.478 e. The molecule has 146 valence electrons. The van der Waals surface area contributed by atoms with Gasteiger partial charge in [0.1, 0.15) is 0 Å². The van der Waals surface area contributed by atoms with E-state index in [0.29, 0.717) is 17.8 Å². The lowest BCUT2D eigenvalue weighted by atomic mass is 10.1. The van der Waals surface area contributed by atoms with E-state index in [1.165, 1.54) is 12.1 Å². The number of amides is 2. The Morgan fingerprint density at radius 2 is 1.52 bits per heavy atom.